The lowest BCUT2D eigenvalue weighted by atomic mass is 10.0. The summed E-state index contributed by atoms with van der Waals surface area (Å²) in [4.78, 5) is 29.3. The molecular formula is C33H43N3O4S. The Morgan fingerprint density at radius 2 is 1.41 bits per heavy atom. The summed E-state index contributed by atoms with van der Waals surface area (Å²) in [6.45, 7) is 14.9. The minimum Gasteiger partial charge on any atom is -0.350 e. The van der Waals surface area contributed by atoms with Crippen molar-refractivity contribution in [1.82, 2.24) is 10.2 Å². The predicted molar refractivity (Wildman–Crippen MR) is 165 cm³/mol. The van der Waals surface area contributed by atoms with Crippen LogP contribution in [0, 0.1) is 27.7 Å². The summed E-state index contributed by atoms with van der Waals surface area (Å²) in [5.41, 5.74) is 4.47. The van der Waals surface area contributed by atoms with Gasteiger partial charge in [0.05, 0.1) is 10.6 Å². The Hall–Kier alpha value is -3.65. The largest absolute Gasteiger partial charge is 0.350 e. The molecule has 0 aliphatic heterocycles. The van der Waals surface area contributed by atoms with Gasteiger partial charge in [-0.05, 0) is 89.8 Å². The van der Waals surface area contributed by atoms with E-state index in [1.54, 1.807) is 36.4 Å². The summed E-state index contributed by atoms with van der Waals surface area (Å²) in [6, 6.07) is 19.0. The van der Waals surface area contributed by atoms with Crippen molar-refractivity contribution in [2.45, 2.75) is 84.8 Å². The highest BCUT2D eigenvalue weighted by atomic mass is 32.2. The van der Waals surface area contributed by atoms with Crippen LogP contribution in [0.5, 0.6) is 0 Å². The van der Waals surface area contributed by atoms with Gasteiger partial charge in [-0.2, -0.15) is 0 Å². The lowest BCUT2D eigenvalue weighted by Crippen LogP contribution is -2.55. The lowest BCUT2D eigenvalue weighted by molar-refractivity contribution is -0.141. The third-order valence-electron chi connectivity index (χ3n) is 7.09. The highest BCUT2D eigenvalue weighted by Crippen LogP contribution is 2.29. The first-order valence-corrected chi connectivity index (χ1v) is 15.4. The fourth-order valence-corrected chi connectivity index (χ4v) is 6.09. The normalized spacial score (nSPS) is 12.5. The number of amides is 2. The van der Waals surface area contributed by atoms with Crippen LogP contribution in [0.25, 0.3) is 0 Å². The van der Waals surface area contributed by atoms with Gasteiger partial charge >= 0.3 is 0 Å². The molecular weight excluding hydrogens is 534 g/mol. The van der Waals surface area contributed by atoms with Crippen molar-refractivity contribution in [2.24, 2.45) is 0 Å². The molecule has 0 heterocycles. The van der Waals surface area contributed by atoms with Crippen LogP contribution in [-0.2, 0) is 26.2 Å². The van der Waals surface area contributed by atoms with E-state index in [9.17, 15) is 18.0 Å². The fraction of sp³-hybridized carbons (Fsp3) is 0.394. The molecule has 3 aromatic rings. The highest BCUT2D eigenvalue weighted by molar-refractivity contribution is 7.92. The van der Waals surface area contributed by atoms with E-state index in [-0.39, 0.29) is 17.3 Å². The van der Waals surface area contributed by atoms with Crippen molar-refractivity contribution in [3.63, 3.8) is 0 Å². The van der Waals surface area contributed by atoms with Crippen molar-refractivity contribution >= 4 is 27.5 Å². The lowest BCUT2D eigenvalue weighted by Gasteiger charge is -2.35. The van der Waals surface area contributed by atoms with Crippen LogP contribution < -0.4 is 9.62 Å². The molecule has 0 unspecified atom stereocenters. The molecule has 2 amide bonds. The Kier molecular flexibility index (Phi) is 10.0. The molecule has 1 N–H and O–H groups in total. The molecule has 220 valence electrons. The maximum absolute atomic E-state index is 14.2. The second-order valence-corrected chi connectivity index (χ2v) is 13.6. The first-order chi connectivity index (χ1) is 19.1. The molecule has 0 spiro atoms. The highest BCUT2D eigenvalue weighted by Gasteiger charge is 2.35. The number of hydrogen-bond acceptors (Lipinski definition) is 4. The Morgan fingerprint density at radius 3 is 1.95 bits per heavy atom. The third kappa shape index (κ3) is 7.97. The van der Waals surface area contributed by atoms with Gasteiger partial charge in [0.1, 0.15) is 12.6 Å². The summed E-state index contributed by atoms with van der Waals surface area (Å²) >= 11 is 0. The van der Waals surface area contributed by atoms with Crippen LogP contribution in [0.2, 0.25) is 0 Å². The zero-order valence-electron chi connectivity index (χ0n) is 25.5. The SMILES string of the molecule is CC[C@@H](C(=O)NC(C)(C)C)N(Cc1ccc(C)cc1)C(=O)CN(c1cccc(C)c1C)S(=O)(=O)c1ccc(C)cc1. The van der Waals surface area contributed by atoms with Crippen LogP contribution >= 0.6 is 0 Å². The van der Waals surface area contributed by atoms with Gasteiger partial charge in [0, 0.05) is 12.1 Å². The predicted octanol–water partition coefficient (Wildman–Crippen LogP) is 5.84. The number of carbonyl (C=O) groups is 2. The van der Waals surface area contributed by atoms with Crippen molar-refractivity contribution < 1.29 is 18.0 Å². The molecule has 0 saturated heterocycles. The molecule has 0 aliphatic rings. The topological polar surface area (TPSA) is 86.8 Å². The van der Waals surface area contributed by atoms with Crippen molar-refractivity contribution in [2.75, 3.05) is 10.8 Å². The minimum atomic E-state index is -4.11. The van der Waals surface area contributed by atoms with Gasteiger partial charge in [-0.1, -0.05) is 66.6 Å². The molecule has 8 heteroatoms. The standard InChI is InChI=1S/C33H43N3O4S/c1-9-29(32(38)34-33(6,7)8)35(21-27-17-13-23(2)14-18-27)31(37)22-36(30-12-10-11-25(4)26(30)5)41(39,40)28-19-15-24(3)16-20-28/h10-20,29H,9,21-22H2,1-8H3,(H,34,38)/t29-/m0/s1. The van der Waals surface area contributed by atoms with E-state index < -0.39 is 34.1 Å². The van der Waals surface area contributed by atoms with Gasteiger partial charge in [-0.15, -0.1) is 0 Å². The van der Waals surface area contributed by atoms with E-state index in [2.05, 4.69) is 5.32 Å². The number of aryl methyl sites for hydroxylation is 3. The maximum atomic E-state index is 14.2. The summed E-state index contributed by atoms with van der Waals surface area (Å²) < 4.78 is 29.4. The van der Waals surface area contributed by atoms with Crippen LogP contribution in [-0.4, -0.2) is 43.3 Å². The smallest absolute Gasteiger partial charge is 0.264 e. The van der Waals surface area contributed by atoms with Crippen LogP contribution in [0.3, 0.4) is 0 Å². The van der Waals surface area contributed by atoms with Crippen LogP contribution in [0.1, 0.15) is 61.9 Å². The molecule has 0 bridgehead atoms. The molecule has 3 aromatic carbocycles. The van der Waals surface area contributed by atoms with Gasteiger partial charge in [-0.25, -0.2) is 8.42 Å². The van der Waals surface area contributed by atoms with Crippen LogP contribution in [0.4, 0.5) is 5.69 Å². The fourth-order valence-electron chi connectivity index (χ4n) is 4.62. The number of sulfonamides is 1. The number of nitrogens with one attached hydrogen (secondary N) is 1. The first-order valence-electron chi connectivity index (χ1n) is 14.0. The number of hydrogen-bond donors (Lipinski definition) is 1. The first kappa shape index (κ1) is 31.9. The van der Waals surface area contributed by atoms with Gasteiger partial charge in [0.2, 0.25) is 11.8 Å². The second kappa shape index (κ2) is 12.9. The molecule has 41 heavy (non-hydrogen) atoms. The molecule has 7 nitrogen and oxygen atoms in total. The molecule has 3 rings (SSSR count). The van der Waals surface area contributed by atoms with E-state index in [0.717, 1.165) is 27.8 Å². The number of anilines is 1. The van der Waals surface area contributed by atoms with Gasteiger partial charge < -0.3 is 10.2 Å². The van der Waals surface area contributed by atoms with Crippen molar-refractivity contribution in [1.29, 1.82) is 0 Å². The number of nitrogens with zero attached hydrogens (tertiary/aromatic N) is 2. The minimum absolute atomic E-state index is 0.0967. The van der Waals surface area contributed by atoms with Gasteiger partial charge in [0.15, 0.2) is 0 Å². The van der Waals surface area contributed by atoms with Crippen molar-refractivity contribution in [3.8, 4) is 0 Å². The van der Waals surface area contributed by atoms with Crippen LogP contribution in [0.15, 0.2) is 71.6 Å². The van der Waals surface area contributed by atoms with E-state index >= 15 is 0 Å². The van der Waals surface area contributed by atoms with Crippen molar-refractivity contribution in [3.05, 3.63) is 94.5 Å². The van der Waals surface area contributed by atoms with Gasteiger partial charge in [0.25, 0.3) is 10.0 Å². The Labute approximate surface area is 245 Å². The van der Waals surface area contributed by atoms with E-state index in [1.165, 1.54) is 9.21 Å². The summed E-state index contributed by atoms with van der Waals surface area (Å²) in [7, 11) is -4.11. The van der Waals surface area contributed by atoms with E-state index in [0.29, 0.717) is 12.1 Å². The van der Waals surface area contributed by atoms with Gasteiger partial charge in [-0.3, -0.25) is 13.9 Å². The van der Waals surface area contributed by atoms with E-state index in [1.807, 2.05) is 85.7 Å². The monoisotopic (exact) mass is 577 g/mol. The zero-order chi connectivity index (χ0) is 30.5. The average molecular weight is 578 g/mol. The number of benzene rings is 3. The second-order valence-electron chi connectivity index (χ2n) is 11.7. The average Bonchev–Trinajstić information content (AvgIpc) is 2.89. The molecule has 0 saturated carbocycles. The number of rotatable bonds is 10. The van der Waals surface area contributed by atoms with E-state index in [4.69, 9.17) is 0 Å². The quantitative estimate of drug-likeness (QED) is 0.328. The summed E-state index contributed by atoms with van der Waals surface area (Å²) in [5.74, 6) is -0.738. The third-order valence-corrected chi connectivity index (χ3v) is 8.86. The zero-order valence-corrected chi connectivity index (χ0v) is 26.3. The summed E-state index contributed by atoms with van der Waals surface area (Å²) in [5, 5.41) is 3.00. The molecule has 0 aromatic heterocycles. The molecule has 0 radical (unpaired) electrons. The maximum Gasteiger partial charge on any atom is 0.264 e. The number of carbonyl (C=O) groups excluding carboxylic acids is 2. The summed E-state index contributed by atoms with van der Waals surface area (Å²) in [6.07, 6.45) is 0.369. The molecule has 0 fully saturated rings. The molecule has 0 aliphatic carbocycles. The Morgan fingerprint density at radius 1 is 0.854 bits per heavy atom. The Bertz CT molecular complexity index is 1470. The molecule has 1 atom stereocenters. The Balaban J connectivity index is 2.11.